The summed E-state index contributed by atoms with van der Waals surface area (Å²) in [5.74, 6) is 1.46. The molecule has 2 aliphatic carbocycles. The van der Waals surface area contributed by atoms with Gasteiger partial charge in [0, 0.05) is 0 Å². The van der Waals surface area contributed by atoms with Crippen molar-refractivity contribution in [1.29, 1.82) is 0 Å². The largest absolute Gasteiger partial charge is 0.390 e. The van der Waals surface area contributed by atoms with Crippen molar-refractivity contribution in [3.05, 3.63) is 0 Å². The van der Waals surface area contributed by atoms with Gasteiger partial charge in [-0.15, -0.1) is 0 Å². The Morgan fingerprint density at radius 2 is 1.40 bits per heavy atom. The standard InChI is InChI=1S/C14H26O/c1-12-8-10-14(15,11-9-12)13-6-4-2-3-5-7-13/h12-13,15H,2-11H2,1H3. The van der Waals surface area contributed by atoms with Crippen molar-refractivity contribution in [2.75, 3.05) is 0 Å². The average Bonchev–Trinajstić information content (AvgIpc) is 2.51. The van der Waals surface area contributed by atoms with Crippen molar-refractivity contribution < 1.29 is 5.11 Å². The molecule has 0 aromatic heterocycles. The maximum atomic E-state index is 10.7. The van der Waals surface area contributed by atoms with E-state index in [1.165, 1.54) is 51.4 Å². The summed E-state index contributed by atoms with van der Waals surface area (Å²) in [6.07, 6.45) is 12.7. The second kappa shape index (κ2) is 4.86. The summed E-state index contributed by atoms with van der Waals surface area (Å²) >= 11 is 0. The summed E-state index contributed by atoms with van der Waals surface area (Å²) in [6, 6.07) is 0. The monoisotopic (exact) mass is 210 g/mol. The summed E-state index contributed by atoms with van der Waals surface area (Å²) in [6.45, 7) is 2.33. The van der Waals surface area contributed by atoms with E-state index in [2.05, 4.69) is 6.92 Å². The van der Waals surface area contributed by atoms with E-state index in [1.54, 1.807) is 0 Å². The second-order valence-corrected chi connectivity index (χ2v) is 5.97. The molecule has 0 aliphatic heterocycles. The van der Waals surface area contributed by atoms with Crippen LogP contribution in [0, 0.1) is 11.8 Å². The summed E-state index contributed by atoms with van der Waals surface area (Å²) in [5.41, 5.74) is -0.281. The van der Waals surface area contributed by atoms with E-state index in [-0.39, 0.29) is 5.60 Å². The van der Waals surface area contributed by atoms with Crippen LogP contribution in [0.2, 0.25) is 0 Å². The Balaban J connectivity index is 1.94. The highest BCUT2D eigenvalue weighted by Crippen LogP contribution is 2.42. The van der Waals surface area contributed by atoms with Gasteiger partial charge in [0.25, 0.3) is 0 Å². The fourth-order valence-electron chi connectivity index (χ4n) is 3.49. The molecular formula is C14H26O. The second-order valence-electron chi connectivity index (χ2n) is 5.97. The van der Waals surface area contributed by atoms with Crippen molar-refractivity contribution in [3.8, 4) is 0 Å². The minimum Gasteiger partial charge on any atom is -0.390 e. The molecule has 15 heavy (non-hydrogen) atoms. The van der Waals surface area contributed by atoms with Crippen LogP contribution in [0.15, 0.2) is 0 Å². The Morgan fingerprint density at radius 1 is 0.867 bits per heavy atom. The van der Waals surface area contributed by atoms with Crippen LogP contribution >= 0.6 is 0 Å². The lowest BCUT2D eigenvalue weighted by Gasteiger charge is -2.41. The van der Waals surface area contributed by atoms with Crippen molar-refractivity contribution in [2.45, 2.75) is 76.7 Å². The third-order valence-electron chi connectivity index (χ3n) is 4.76. The van der Waals surface area contributed by atoms with Crippen molar-refractivity contribution >= 4 is 0 Å². The molecule has 88 valence electrons. The first-order valence-electron chi connectivity index (χ1n) is 6.93. The van der Waals surface area contributed by atoms with Gasteiger partial charge in [-0.3, -0.25) is 0 Å². The molecule has 0 saturated heterocycles. The van der Waals surface area contributed by atoms with Crippen LogP contribution in [0.4, 0.5) is 0 Å². The van der Waals surface area contributed by atoms with Gasteiger partial charge in [-0.25, -0.2) is 0 Å². The maximum Gasteiger partial charge on any atom is 0.0676 e. The van der Waals surface area contributed by atoms with Gasteiger partial charge in [0.2, 0.25) is 0 Å². The quantitative estimate of drug-likeness (QED) is 0.651. The Morgan fingerprint density at radius 3 is 1.93 bits per heavy atom. The van der Waals surface area contributed by atoms with Crippen molar-refractivity contribution in [2.24, 2.45) is 11.8 Å². The molecule has 2 fully saturated rings. The summed E-state index contributed by atoms with van der Waals surface area (Å²) in [7, 11) is 0. The molecule has 0 atom stereocenters. The third kappa shape index (κ3) is 2.75. The van der Waals surface area contributed by atoms with E-state index < -0.39 is 0 Å². The van der Waals surface area contributed by atoms with Crippen molar-refractivity contribution in [3.63, 3.8) is 0 Å². The zero-order valence-electron chi connectivity index (χ0n) is 10.2. The molecule has 0 heterocycles. The fourth-order valence-corrected chi connectivity index (χ4v) is 3.49. The lowest BCUT2D eigenvalue weighted by atomic mass is 9.70. The normalized spacial score (nSPS) is 40.0. The van der Waals surface area contributed by atoms with Crippen LogP contribution in [0.3, 0.4) is 0 Å². The molecular weight excluding hydrogens is 184 g/mol. The van der Waals surface area contributed by atoms with E-state index in [0.717, 1.165) is 18.8 Å². The molecule has 0 amide bonds. The minimum atomic E-state index is -0.281. The smallest absolute Gasteiger partial charge is 0.0676 e. The Kier molecular flexibility index (Phi) is 3.71. The lowest BCUT2D eigenvalue weighted by molar-refractivity contribution is -0.0626. The van der Waals surface area contributed by atoms with E-state index in [0.29, 0.717) is 5.92 Å². The fraction of sp³-hybridized carbons (Fsp3) is 1.00. The molecule has 1 nitrogen and oxygen atoms in total. The van der Waals surface area contributed by atoms with E-state index in [4.69, 9.17) is 0 Å². The van der Waals surface area contributed by atoms with Gasteiger partial charge in [0.1, 0.15) is 0 Å². The Labute approximate surface area is 94.3 Å². The molecule has 0 aromatic rings. The maximum absolute atomic E-state index is 10.7. The molecule has 2 rings (SSSR count). The Hall–Kier alpha value is -0.0400. The van der Waals surface area contributed by atoms with Crippen LogP contribution < -0.4 is 0 Å². The van der Waals surface area contributed by atoms with E-state index in [1.807, 2.05) is 0 Å². The Bertz CT molecular complexity index is 184. The topological polar surface area (TPSA) is 20.2 Å². The highest BCUT2D eigenvalue weighted by molar-refractivity contribution is 4.91. The zero-order chi connectivity index (χ0) is 10.7. The molecule has 1 N–H and O–H groups in total. The van der Waals surface area contributed by atoms with Crippen LogP contribution in [0.1, 0.15) is 71.1 Å². The first-order valence-corrected chi connectivity index (χ1v) is 6.93. The minimum absolute atomic E-state index is 0.281. The molecule has 2 saturated carbocycles. The molecule has 0 radical (unpaired) electrons. The predicted octanol–water partition coefficient (Wildman–Crippen LogP) is 3.90. The SMILES string of the molecule is CC1CCC(O)(C2CCCCCC2)CC1. The summed E-state index contributed by atoms with van der Waals surface area (Å²) in [5, 5.41) is 10.7. The average molecular weight is 210 g/mol. The van der Waals surface area contributed by atoms with Gasteiger partial charge in [-0.05, 0) is 50.4 Å². The molecule has 0 spiro atoms. The van der Waals surface area contributed by atoms with Gasteiger partial charge in [-0.1, -0.05) is 32.6 Å². The molecule has 2 aliphatic rings. The third-order valence-corrected chi connectivity index (χ3v) is 4.76. The first kappa shape index (κ1) is 11.4. The van der Waals surface area contributed by atoms with Gasteiger partial charge >= 0.3 is 0 Å². The van der Waals surface area contributed by atoms with Crippen LogP contribution in [0.25, 0.3) is 0 Å². The van der Waals surface area contributed by atoms with Gasteiger partial charge < -0.3 is 5.11 Å². The van der Waals surface area contributed by atoms with Gasteiger partial charge in [0.15, 0.2) is 0 Å². The van der Waals surface area contributed by atoms with Crippen molar-refractivity contribution in [1.82, 2.24) is 0 Å². The van der Waals surface area contributed by atoms with Crippen LogP contribution in [0.5, 0.6) is 0 Å². The highest BCUT2D eigenvalue weighted by Gasteiger charge is 2.38. The summed E-state index contributed by atoms with van der Waals surface area (Å²) < 4.78 is 0. The lowest BCUT2D eigenvalue weighted by Crippen LogP contribution is -2.41. The van der Waals surface area contributed by atoms with E-state index in [9.17, 15) is 5.11 Å². The number of rotatable bonds is 1. The van der Waals surface area contributed by atoms with Crippen LogP contribution in [-0.2, 0) is 0 Å². The van der Waals surface area contributed by atoms with Crippen LogP contribution in [-0.4, -0.2) is 10.7 Å². The number of aliphatic hydroxyl groups is 1. The van der Waals surface area contributed by atoms with E-state index >= 15 is 0 Å². The molecule has 0 bridgehead atoms. The zero-order valence-corrected chi connectivity index (χ0v) is 10.2. The number of hydrogen-bond donors (Lipinski definition) is 1. The predicted molar refractivity (Wildman–Crippen MR) is 63.8 cm³/mol. The molecule has 0 aromatic carbocycles. The highest BCUT2D eigenvalue weighted by atomic mass is 16.3. The molecule has 1 heteroatoms. The number of hydrogen-bond acceptors (Lipinski definition) is 1. The van der Waals surface area contributed by atoms with Gasteiger partial charge in [0.05, 0.1) is 5.60 Å². The summed E-state index contributed by atoms with van der Waals surface area (Å²) in [4.78, 5) is 0. The first-order chi connectivity index (χ1) is 7.21. The van der Waals surface area contributed by atoms with Gasteiger partial charge in [-0.2, -0.15) is 0 Å². The molecule has 0 unspecified atom stereocenters.